The van der Waals surface area contributed by atoms with E-state index in [4.69, 9.17) is 0 Å². The Morgan fingerprint density at radius 2 is 2.23 bits per heavy atom. The molecule has 0 aromatic carbocycles. The first-order valence-corrected chi connectivity index (χ1v) is 8.25. The summed E-state index contributed by atoms with van der Waals surface area (Å²) in [6.07, 6.45) is 3.80. The van der Waals surface area contributed by atoms with Gasteiger partial charge >= 0.3 is 6.03 Å². The van der Waals surface area contributed by atoms with Crippen molar-refractivity contribution in [2.45, 2.75) is 18.9 Å². The lowest BCUT2D eigenvalue weighted by Crippen LogP contribution is -2.34. The third-order valence-electron chi connectivity index (χ3n) is 4.04. The molecular weight excluding hydrogens is 296 g/mol. The lowest BCUT2D eigenvalue weighted by Gasteiger charge is -2.24. The Balaban J connectivity index is 1.58. The van der Waals surface area contributed by atoms with E-state index in [-0.39, 0.29) is 12.1 Å². The van der Waals surface area contributed by atoms with Gasteiger partial charge in [0.15, 0.2) is 0 Å². The van der Waals surface area contributed by atoms with Gasteiger partial charge in [-0.15, -0.1) is 11.3 Å². The van der Waals surface area contributed by atoms with Crippen molar-refractivity contribution in [1.82, 2.24) is 14.5 Å². The van der Waals surface area contributed by atoms with Gasteiger partial charge in [0.25, 0.3) is 0 Å². The average molecular weight is 312 g/mol. The molecule has 1 aliphatic heterocycles. The second-order valence-corrected chi connectivity index (χ2v) is 6.36. The highest BCUT2D eigenvalue weighted by Crippen LogP contribution is 2.34. The molecule has 1 N–H and O–H groups in total. The number of carbonyl (C=O) groups is 1. The molecule has 1 fully saturated rings. The first-order chi connectivity index (χ1) is 10.8. The van der Waals surface area contributed by atoms with Crippen LogP contribution in [-0.4, -0.2) is 27.1 Å². The summed E-state index contributed by atoms with van der Waals surface area (Å²) in [5, 5.41) is 9.31. The van der Waals surface area contributed by atoms with Crippen LogP contribution >= 0.6 is 11.3 Å². The average Bonchev–Trinajstić information content (AvgIpc) is 3.27. The molecule has 4 heterocycles. The molecule has 1 aliphatic rings. The summed E-state index contributed by atoms with van der Waals surface area (Å²) in [6, 6.07) is 12.0. The standard InChI is InChI=1S/C16H16N4OS/c21-16(18-15-7-1-4-12-8-9-17-20(12)15)19-10-2-5-13(19)14-6-3-11-22-14/h1,3-4,6-9,11,13H,2,5,10H2,(H,18,21). The molecule has 6 heteroatoms. The molecule has 3 aromatic rings. The van der Waals surface area contributed by atoms with Crippen LogP contribution in [0.2, 0.25) is 0 Å². The lowest BCUT2D eigenvalue weighted by molar-refractivity contribution is 0.207. The highest BCUT2D eigenvalue weighted by Gasteiger charge is 2.30. The molecule has 3 aromatic heterocycles. The van der Waals surface area contributed by atoms with Crippen molar-refractivity contribution in [2.24, 2.45) is 0 Å². The van der Waals surface area contributed by atoms with E-state index in [0.717, 1.165) is 24.9 Å². The number of aromatic nitrogens is 2. The quantitative estimate of drug-likeness (QED) is 0.783. The second-order valence-electron chi connectivity index (χ2n) is 5.38. The summed E-state index contributed by atoms with van der Waals surface area (Å²) in [4.78, 5) is 15.8. The minimum atomic E-state index is -0.0566. The van der Waals surface area contributed by atoms with Crippen LogP contribution in [0.1, 0.15) is 23.8 Å². The first kappa shape index (κ1) is 13.3. The maximum absolute atomic E-state index is 12.7. The molecule has 1 atom stereocenters. The summed E-state index contributed by atoms with van der Waals surface area (Å²) in [7, 11) is 0. The summed E-state index contributed by atoms with van der Waals surface area (Å²) < 4.78 is 1.74. The Morgan fingerprint density at radius 3 is 3.09 bits per heavy atom. The van der Waals surface area contributed by atoms with Crippen LogP contribution in [0.15, 0.2) is 48.0 Å². The third-order valence-corrected chi connectivity index (χ3v) is 5.02. The van der Waals surface area contributed by atoms with E-state index in [9.17, 15) is 4.79 Å². The van der Waals surface area contributed by atoms with Crippen molar-refractivity contribution < 1.29 is 4.79 Å². The van der Waals surface area contributed by atoms with Gasteiger partial charge in [-0.2, -0.15) is 5.10 Å². The molecule has 112 valence electrons. The van der Waals surface area contributed by atoms with E-state index in [2.05, 4.69) is 21.9 Å². The van der Waals surface area contributed by atoms with Crippen LogP contribution in [-0.2, 0) is 0 Å². The molecule has 0 aliphatic carbocycles. The summed E-state index contributed by atoms with van der Waals surface area (Å²) in [5.74, 6) is 0.698. The highest BCUT2D eigenvalue weighted by molar-refractivity contribution is 7.10. The molecule has 5 nitrogen and oxygen atoms in total. The Morgan fingerprint density at radius 1 is 1.27 bits per heavy atom. The Kier molecular flexibility index (Phi) is 3.31. The minimum Gasteiger partial charge on any atom is -0.317 e. The lowest BCUT2D eigenvalue weighted by atomic mass is 10.2. The summed E-state index contributed by atoms with van der Waals surface area (Å²) >= 11 is 1.71. The van der Waals surface area contributed by atoms with Crippen LogP contribution in [0.4, 0.5) is 10.6 Å². The van der Waals surface area contributed by atoms with Crippen LogP contribution in [0.3, 0.4) is 0 Å². The van der Waals surface area contributed by atoms with Gasteiger partial charge < -0.3 is 4.90 Å². The fourth-order valence-electron chi connectivity index (χ4n) is 3.01. The second kappa shape index (κ2) is 5.46. The zero-order valence-electron chi connectivity index (χ0n) is 12.0. The van der Waals surface area contributed by atoms with Crippen LogP contribution in [0.5, 0.6) is 0 Å². The normalized spacial score (nSPS) is 18.0. The van der Waals surface area contributed by atoms with Crippen molar-refractivity contribution in [2.75, 3.05) is 11.9 Å². The van der Waals surface area contributed by atoms with Crippen molar-refractivity contribution in [3.8, 4) is 0 Å². The molecular formula is C16H16N4OS. The summed E-state index contributed by atoms with van der Waals surface area (Å²) in [6.45, 7) is 0.795. The summed E-state index contributed by atoms with van der Waals surface area (Å²) in [5.41, 5.74) is 0.967. The molecule has 2 amide bonds. The molecule has 22 heavy (non-hydrogen) atoms. The SMILES string of the molecule is O=C(Nc1cccc2ccnn12)N1CCCC1c1cccs1. The predicted octanol–water partition coefficient (Wildman–Crippen LogP) is 3.76. The number of carbonyl (C=O) groups excluding carboxylic acids is 1. The van der Waals surface area contributed by atoms with Gasteiger partial charge in [0.2, 0.25) is 0 Å². The van der Waals surface area contributed by atoms with Gasteiger partial charge in [-0.05, 0) is 42.5 Å². The molecule has 0 bridgehead atoms. The number of nitrogens with zero attached hydrogens (tertiary/aromatic N) is 3. The van der Waals surface area contributed by atoms with E-state index in [1.807, 2.05) is 35.2 Å². The smallest absolute Gasteiger partial charge is 0.317 e. The van der Waals surface area contributed by atoms with Crippen molar-refractivity contribution >= 4 is 28.7 Å². The van der Waals surface area contributed by atoms with Gasteiger partial charge in [-0.1, -0.05) is 12.1 Å². The van der Waals surface area contributed by atoms with Gasteiger partial charge in [-0.3, -0.25) is 5.32 Å². The molecule has 0 radical (unpaired) electrons. The topological polar surface area (TPSA) is 49.6 Å². The molecule has 0 spiro atoms. The number of rotatable bonds is 2. The number of hydrogen-bond donors (Lipinski definition) is 1. The first-order valence-electron chi connectivity index (χ1n) is 7.37. The van der Waals surface area contributed by atoms with Gasteiger partial charge in [-0.25, -0.2) is 9.31 Å². The highest BCUT2D eigenvalue weighted by atomic mass is 32.1. The van der Waals surface area contributed by atoms with Gasteiger partial charge in [0.1, 0.15) is 5.82 Å². The zero-order valence-corrected chi connectivity index (χ0v) is 12.8. The maximum Gasteiger partial charge on any atom is 0.323 e. The Bertz CT molecular complexity index is 795. The van der Waals surface area contributed by atoms with E-state index >= 15 is 0 Å². The molecule has 4 rings (SSSR count). The largest absolute Gasteiger partial charge is 0.323 e. The fourth-order valence-corrected chi connectivity index (χ4v) is 3.89. The number of likely N-dealkylation sites (tertiary alicyclic amines) is 1. The zero-order chi connectivity index (χ0) is 14.9. The molecule has 0 saturated carbocycles. The van der Waals surface area contributed by atoms with E-state index in [1.54, 1.807) is 22.0 Å². The van der Waals surface area contributed by atoms with E-state index < -0.39 is 0 Å². The number of urea groups is 1. The number of pyridine rings is 1. The number of hydrogen-bond acceptors (Lipinski definition) is 3. The molecule has 1 unspecified atom stereocenters. The van der Waals surface area contributed by atoms with Crippen LogP contribution < -0.4 is 5.32 Å². The number of nitrogens with one attached hydrogen (secondary N) is 1. The maximum atomic E-state index is 12.7. The van der Waals surface area contributed by atoms with E-state index in [0.29, 0.717) is 5.82 Å². The number of anilines is 1. The van der Waals surface area contributed by atoms with Gasteiger partial charge in [0.05, 0.1) is 17.8 Å². The predicted molar refractivity (Wildman–Crippen MR) is 87.2 cm³/mol. The Hall–Kier alpha value is -2.34. The monoisotopic (exact) mass is 312 g/mol. The van der Waals surface area contributed by atoms with Crippen molar-refractivity contribution in [1.29, 1.82) is 0 Å². The fraction of sp³-hybridized carbons (Fsp3) is 0.250. The third kappa shape index (κ3) is 2.25. The number of fused-ring (bicyclic) bond motifs is 1. The van der Waals surface area contributed by atoms with Crippen molar-refractivity contribution in [3.05, 3.63) is 52.9 Å². The van der Waals surface area contributed by atoms with Crippen LogP contribution in [0, 0.1) is 0 Å². The molecule has 1 saturated heterocycles. The minimum absolute atomic E-state index is 0.0566. The number of thiophene rings is 1. The number of amides is 2. The van der Waals surface area contributed by atoms with Crippen molar-refractivity contribution in [3.63, 3.8) is 0 Å². The van der Waals surface area contributed by atoms with Crippen LogP contribution in [0.25, 0.3) is 5.52 Å². The van der Waals surface area contributed by atoms with Gasteiger partial charge in [0, 0.05) is 11.4 Å². The Labute approximate surface area is 132 Å². The van der Waals surface area contributed by atoms with E-state index in [1.165, 1.54) is 4.88 Å².